The Labute approximate surface area is 289 Å². The van der Waals surface area contributed by atoms with Crippen molar-refractivity contribution in [2.24, 2.45) is 0 Å². The molecular weight excluding hydrogens is 604 g/mol. The van der Waals surface area contributed by atoms with Crippen LogP contribution in [0.15, 0.2) is 121 Å². The lowest BCUT2D eigenvalue weighted by Crippen LogP contribution is -2.22. The van der Waals surface area contributed by atoms with Crippen molar-refractivity contribution in [2.45, 2.75) is 65.8 Å². The van der Waals surface area contributed by atoms with E-state index in [-0.39, 0.29) is 6.61 Å². The van der Waals surface area contributed by atoms with Crippen LogP contribution in [0.25, 0.3) is 0 Å². The molecule has 7 heteroatoms. The van der Waals surface area contributed by atoms with Crippen LogP contribution in [0.5, 0.6) is 17.2 Å². The SMILES string of the molecule is CCC.CCC.COCC(O)COc1ccccc1.Cc1ccccc1.c1ccc(OCC2CO2)cc1.c1ccc(OCC2CO2)cc1. The van der Waals surface area contributed by atoms with Crippen LogP contribution in [0.2, 0.25) is 0 Å². The predicted molar refractivity (Wildman–Crippen MR) is 196 cm³/mol. The first-order valence-electron chi connectivity index (χ1n) is 16.9. The summed E-state index contributed by atoms with van der Waals surface area (Å²) in [4.78, 5) is 0. The summed E-state index contributed by atoms with van der Waals surface area (Å²) in [6, 6.07) is 39.2. The van der Waals surface area contributed by atoms with Crippen molar-refractivity contribution < 1.29 is 33.5 Å². The minimum absolute atomic E-state index is 0.262. The summed E-state index contributed by atoms with van der Waals surface area (Å²) in [5, 5.41) is 9.26. The van der Waals surface area contributed by atoms with E-state index in [9.17, 15) is 5.11 Å². The van der Waals surface area contributed by atoms with Gasteiger partial charge in [0.1, 0.15) is 55.4 Å². The number of epoxide rings is 2. The van der Waals surface area contributed by atoms with Crippen molar-refractivity contribution in [3.8, 4) is 17.2 Å². The number of aryl methyl sites for hydroxylation is 1. The first-order chi connectivity index (χ1) is 23.4. The second kappa shape index (κ2) is 29.3. The van der Waals surface area contributed by atoms with Crippen molar-refractivity contribution in [3.63, 3.8) is 0 Å². The molecule has 2 heterocycles. The van der Waals surface area contributed by atoms with Crippen LogP contribution in [0.1, 0.15) is 46.1 Å². The van der Waals surface area contributed by atoms with E-state index in [2.05, 4.69) is 46.8 Å². The number of methoxy groups -OCH3 is 1. The Balaban J connectivity index is 0.000000307. The Morgan fingerprint density at radius 3 is 1.15 bits per heavy atom. The molecule has 4 aromatic rings. The van der Waals surface area contributed by atoms with Gasteiger partial charge in [-0.05, 0) is 43.3 Å². The molecule has 2 aliphatic rings. The second-order valence-electron chi connectivity index (χ2n) is 11.0. The fourth-order valence-corrected chi connectivity index (χ4v) is 3.22. The van der Waals surface area contributed by atoms with Crippen LogP contribution in [-0.4, -0.2) is 70.2 Å². The lowest BCUT2D eigenvalue weighted by Gasteiger charge is -2.10. The minimum Gasteiger partial charge on any atom is -0.491 e. The summed E-state index contributed by atoms with van der Waals surface area (Å²) >= 11 is 0. The van der Waals surface area contributed by atoms with Gasteiger partial charge in [0.2, 0.25) is 0 Å². The van der Waals surface area contributed by atoms with Crippen molar-refractivity contribution in [1.82, 2.24) is 0 Å². The summed E-state index contributed by atoms with van der Waals surface area (Å²) in [6.45, 7) is 14.2. The summed E-state index contributed by atoms with van der Waals surface area (Å²) < 4.78 is 30.9. The summed E-state index contributed by atoms with van der Waals surface area (Å²) in [5.41, 5.74) is 1.32. The first-order valence-corrected chi connectivity index (χ1v) is 16.9. The Bertz CT molecular complexity index is 1150. The molecule has 4 aromatic carbocycles. The van der Waals surface area contributed by atoms with Gasteiger partial charge >= 0.3 is 0 Å². The third kappa shape index (κ3) is 26.2. The Morgan fingerprint density at radius 1 is 0.562 bits per heavy atom. The van der Waals surface area contributed by atoms with Crippen LogP contribution in [0, 0.1) is 6.92 Å². The van der Waals surface area contributed by atoms with Crippen LogP contribution in [0.4, 0.5) is 0 Å². The molecule has 0 spiro atoms. The van der Waals surface area contributed by atoms with Crippen LogP contribution >= 0.6 is 0 Å². The Hall–Kier alpha value is -3.88. The van der Waals surface area contributed by atoms with Gasteiger partial charge in [0, 0.05) is 7.11 Å². The molecule has 0 aliphatic carbocycles. The lowest BCUT2D eigenvalue weighted by atomic mass is 10.2. The molecule has 0 bridgehead atoms. The Morgan fingerprint density at radius 2 is 0.875 bits per heavy atom. The van der Waals surface area contributed by atoms with Crippen molar-refractivity contribution >= 4 is 0 Å². The maximum atomic E-state index is 9.26. The summed E-state index contributed by atoms with van der Waals surface area (Å²) in [6.07, 6.45) is 2.62. The number of hydrogen-bond acceptors (Lipinski definition) is 7. The molecule has 2 fully saturated rings. The molecule has 48 heavy (non-hydrogen) atoms. The molecule has 2 aliphatic heterocycles. The van der Waals surface area contributed by atoms with E-state index in [1.807, 2.05) is 109 Å². The van der Waals surface area contributed by atoms with Gasteiger partial charge < -0.3 is 33.5 Å². The van der Waals surface area contributed by atoms with E-state index in [0.29, 0.717) is 32.0 Å². The summed E-state index contributed by atoms with van der Waals surface area (Å²) in [5.74, 6) is 2.60. The molecule has 0 aromatic heterocycles. The highest BCUT2D eigenvalue weighted by atomic mass is 16.6. The smallest absolute Gasteiger partial charge is 0.119 e. The quantitative estimate of drug-likeness (QED) is 0.161. The van der Waals surface area contributed by atoms with Crippen molar-refractivity contribution in [3.05, 3.63) is 127 Å². The average Bonchev–Trinajstić information content (AvgIpc) is 4.06. The van der Waals surface area contributed by atoms with E-state index in [4.69, 9.17) is 28.4 Å². The molecule has 0 amide bonds. The lowest BCUT2D eigenvalue weighted by molar-refractivity contribution is 0.0325. The van der Waals surface area contributed by atoms with Gasteiger partial charge in [0.25, 0.3) is 0 Å². The van der Waals surface area contributed by atoms with Gasteiger partial charge in [-0.1, -0.05) is 131 Å². The van der Waals surface area contributed by atoms with Gasteiger partial charge in [0.15, 0.2) is 0 Å². The number of hydrogen-bond donors (Lipinski definition) is 1. The predicted octanol–water partition coefficient (Wildman–Crippen LogP) is 8.83. The normalized spacial score (nSPS) is 15.1. The number of aliphatic hydroxyl groups is 1. The molecular formula is C41H58O7. The fraction of sp³-hybridized carbons (Fsp3) is 0.415. The highest BCUT2D eigenvalue weighted by Crippen LogP contribution is 2.14. The molecule has 3 unspecified atom stereocenters. The van der Waals surface area contributed by atoms with E-state index in [0.717, 1.165) is 30.5 Å². The molecule has 0 radical (unpaired) electrons. The van der Waals surface area contributed by atoms with Crippen LogP contribution < -0.4 is 14.2 Å². The molecule has 7 nitrogen and oxygen atoms in total. The first kappa shape index (κ1) is 42.1. The number of aliphatic hydroxyl groups excluding tert-OH is 1. The van der Waals surface area contributed by atoms with E-state index in [1.165, 1.54) is 18.4 Å². The zero-order chi connectivity index (χ0) is 35.1. The molecule has 2 saturated heterocycles. The highest BCUT2D eigenvalue weighted by molar-refractivity contribution is 5.22. The monoisotopic (exact) mass is 662 g/mol. The molecule has 264 valence electrons. The number of para-hydroxylation sites is 3. The van der Waals surface area contributed by atoms with Crippen LogP contribution in [0.3, 0.4) is 0 Å². The molecule has 1 N–H and O–H groups in total. The van der Waals surface area contributed by atoms with Gasteiger partial charge in [-0.15, -0.1) is 0 Å². The van der Waals surface area contributed by atoms with Gasteiger partial charge in [-0.3, -0.25) is 0 Å². The van der Waals surface area contributed by atoms with Gasteiger partial charge in [0.05, 0.1) is 19.8 Å². The maximum Gasteiger partial charge on any atom is 0.119 e. The topological polar surface area (TPSA) is 82.2 Å². The van der Waals surface area contributed by atoms with Crippen LogP contribution in [-0.2, 0) is 14.2 Å². The zero-order valence-corrected chi connectivity index (χ0v) is 29.8. The maximum absolute atomic E-state index is 9.26. The number of benzene rings is 4. The van der Waals surface area contributed by atoms with E-state index < -0.39 is 6.10 Å². The van der Waals surface area contributed by atoms with E-state index in [1.54, 1.807) is 7.11 Å². The van der Waals surface area contributed by atoms with Gasteiger partial charge in [-0.2, -0.15) is 0 Å². The minimum atomic E-state index is -0.565. The second-order valence-corrected chi connectivity index (χ2v) is 11.0. The number of rotatable bonds is 11. The van der Waals surface area contributed by atoms with Crippen molar-refractivity contribution in [1.29, 1.82) is 0 Å². The fourth-order valence-electron chi connectivity index (χ4n) is 3.22. The van der Waals surface area contributed by atoms with Crippen molar-refractivity contribution in [2.75, 3.05) is 46.8 Å². The molecule has 3 atom stereocenters. The van der Waals surface area contributed by atoms with E-state index >= 15 is 0 Å². The standard InChI is InChI=1S/C10H14O3.2C9H10O2.C7H8.2C3H8/c1-12-7-9(11)8-13-10-5-3-2-4-6-10;2*1-2-4-8(5-3-1)10-6-9-7-11-9;1-7-5-3-2-4-6-7;2*1-3-2/h2-6,9,11H,7-8H2,1H3;2*1-5,9H,6-7H2;2-6H,1H3;2*3H2,1-2H3. The zero-order valence-electron chi connectivity index (χ0n) is 29.8. The Kier molecular flexibility index (Phi) is 25.7. The molecule has 6 rings (SSSR count). The van der Waals surface area contributed by atoms with Gasteiger partial charge in [-0.25, -0.2) is 0 Å². The largest absolute Gasteiger partial charge is 0.491 e. The highest BCUT2D eigenvalue weighted by Gasteiger charge is 2.23. The third-order valence-corrected chi connectivity index (χ3v) is 5.65. The third-order valence-electron chi connectivity index (χ3n) is 5.65. The summed E-state index contributed by atoms with van der Waals surface area (Å²) in [7, 11) is 1.55. The average molecular weight is 663 g/mol. The number of ether oxygens (including phenoxy) is 6. The molecule has 0 saturated carbocycles.